The average molecular weight is 408 g/mol. The van der Waals surface area contributed by atoms with Crippen LogP contribution in [-0.2, 0) is 9.53 Å². The molecule has 21 heavy (non-hydrogen) atoms. The van der Waals surface area contributed by atoms with Crippen molar-refractivity contribution in [3.63, 3.8) is 0 Å². The van der Waals surface area contributed by atoms with E-state index in [-0.39, 0.29) is 18.4 Å². The molecule has 0 bridgehead atoms. The lowest BCUT2D eigenvalue weighted by Gasteiger charge is -2.27. The van der Waals surface area contributed by atoms with Crippen molar-refractivity contribution in [2.45, 2.75) is 64.3 Å². The summed E-state index contributed by atoms with van der Waals surface area (Å²) in [6, 6.07) is 0. The number of rotatable bonds is 1. The quantitative estimate of drug-likeness (QED) is 0.398. The lowest BCUT2D eigenvalue weighted by molar-refractivity contribution is -0.151. The fourth-order valence-corrected chi connectivity index (χ4v) is 2.73. The number of aliphatic hydroxyl groups is 2. The Morgan fingerprint density at radius 2 is 2.24 bits per heavy atom. The number of carbonyl (C=O) groups is 1. The third-order valence-electron chi connectivity index (χ3n) is 3.77. The first kappa shape index (κ1) is 18.6. The van der Waals surface area contributed by atoms with E-state index in [0.29, 0.717) is 19.3 Å². The van der Waals surface area contributed by atoms with Gasteiger partial charge < -0.3 is 14.9 Å². The van der Waals surface area contributed by atoms with E-state index < -0.39 is 17.7 Å². The largest absolute Gasteiger partial charge is 0.457 e. The van der Waals surface area contributed by atoms with E-state index in [0.717, 1.165) is 5.57 Å². The van der Waals surface area contributed by atoms with E-state index in [9.17, 15) is 15.0 Å². The first-order chi connectivity index (χ1) is 9.75. The van der Waals surface area contributed by atoms with Crippen molar-refractivity contribution in [2.24, 2.45) is 5.92 Å². The molecule has 2 N–H and O–H groups in total. The van der Waals surface area contributed by atoms with Crippen molar-refractivity contribution < 1.29 is 19.7 Å². The van der Waals surface area contributed by atoms with Gasteiger partial charge in [-0.3, -0.25) is 4.79 Å². The summed E-state index contributed by atoms with van der Waals surface area (Å²) >= 11 is 2.13. The molecule has 5 heteroatoms. The molecular formula is C16H25IO4. The highest BCUT2D eigenvalue weighted by Crippen LogP contribution is 2.24. The number of halogens is 1. The first-order valence-electron chi connectivity index (χ1n) is 7.28. The predicted octanol–water partition coefficient (Wildman–Crippen LogP) is 3.12. The molecule has 0 aromatic carbocycles. The van der Waals surface area contributed by atoms with Gasteiger partial charge in [-0.1, -0.05) is 41.7 Å². The highest BCUT2D eigenvalue weighted by molar-refractivity contribution is 14.1. The van der Waals surface area contributed by atoms with Crippen LogP contribution in [0.25, 0.3) is 0 Å². The molecule has 0 fully saturated rings. The molecule has 1 rings (SSSR count). The maximum absolute atomic E-state index is 11.9. The Kier molecular flexibility index (Phi) is 7.36. The van der Waals surface area contributed by atoms with Crippen LogP contribution in [-0.4, -0.2) is 34.0 Å². The summed E-state index contributed by atoms with van der Waals surface area (Å²) < 4.78 is 7.43. The molecule has 0 aromatic rings. The van der Waals surface area contributed by atoms with E-state index in [1.54, 1.807) is 6.92 Å². The summed E-state index contributed by atoms with van der Waals surface area (Å²) in [5.74, 6) is -0.377. The van der Waals surface area contributed by atoms with Gasteiger partial charge in [0.25, 0.3) is 0 Å². The predicted molar refractivity (Wildman–Crippen MR) is 91.1 cm³/mol. The summed E-state index contributed by atoms with van der Waals surface area (Å²) in [6.45, 7) is 5.66. The van der Waals surface area contributed by atoms with Gasteiger partial charge in [0.1, 0.15) is 6.10 Å². The van der Waals surface area contributed by atoms with Gasteiger partial charge in [-0.2, -0.15) is 0 Å². The maximum Gasteiger partial charge on any atom is 0.309 e. The standard InChI is InChI=1S/C16H25IO4/c1-11-5-4-7-16(3,20)8-6-13(18)9-14(19)21-15(11)12(2)10-17/h4-5,10-11,13,15,18,20H,6-9H2,1-3H3/b5-4+,12-10+/t11-,13+,15-,16?/m0/s1. The van der Waals surface area contributed by atoms with Crippen LogP contribution in [0.15, 0.2) is 21.8 Å². The lowest BCUT2D eigenvalue weighted by atomic mass is 9.91. The second kappa shape index (κ2) is 8.29. The molecule has 1 unspecified atom stereocenters. The zero-order valence-corrected chi connectivity index (χ0v) is 15.0. The molecule has 0 saturated carbocycles. The molecule has 1 aliphatic rings. The van der Waals surface area contributed by atoms with E-state index >= 15 is 0 Å². The molecule has 120 valence electrons. The van der Waals surface area contributed by atoms with E-state index in [1.807, 2.05) is 30.1 Å². The molecule has 0 aliphatic carbocycles. The highest BCUT2D eigenvalue weighted by Gasteiger charge is 2.26. The third kappa shape index (κ3) is 6.48. The van der Waals surface area contributed by atoms with Gasteiger partial charge in [-0.15, -0.1) is 0 Å². The summed E-state index contributed by atoms with van der Waals surface area (Å²) in [7, 11) is 0. The van der Waals surface area contributed by atoms with Gasteiger partial charge in [-0.25, -0.2) is 0 Å². The number of aliphatic hydroxyl groups excluding tert-OH is 1. The Hall–Kier alpha value is -0.400. The summed E-state index contributed by atoms with van der Waals surface area (Å²) in [4.78, 5) is 11.9. The zero-order chi connectivity index (χ0) is 16.0. The Balaban J connectivity index is 2.96. The minimum absolute atomic E-state index is 0.0207. The molecule has 1 aliphatic heterocycles. The normalized spacial score (nSPS) is 38.1. The van der Waals surface area contributed by atoms with Gasteiger partial charge in [0.15, 0.2) is 0 Å². The number of hydrogen-bond donors (Lipinski definition) is 2. The van der Waals surface area contributed by atoms with E-state index in [2.05, 4.69) is 22.6 Å². The molecule has 0 aromatic heterocycles. The van der Waals surface area contributed by atoms with Gasteiger partial charge in [0, 0.05) is 5.92 Å². The van der Waals surface area contributed by atoms with Crippen LogP contribution in [0.3, 0.4) is 0 Å². The van der Waals surface area contributed by atoms with E-state index in [1.165, 1.54) is 0 Å². The van der Waals surface area contributed by atoms with Crippen LogP contribution in [0.2, 0.25) is 0 Å². The molecule has 0 radical (unpaired) electrons. The Labute approximate surface area is 140 Å². The van der Waals surface area contributed by atoms with Crippen LogP contribution in [0.1, 0.15) is 46.5 Å². The van der Waals surface area contributed by atoms with Gasteiger partial charge in [0.2, 0.25) is 0 Å². The Morgan fingerprint density at radius 1 is 1.57 bits per heavy atom. The van der Waals surface area contributed by atoms with Crippen LogP contribution >= 0.6 is 22.6 Å². The number of carbonyl (C=O) groups excluding carboxylic acids is 1. The number of ether oxygens (including phenoxy) is 1. The monoisotopic (exact) mass is 408 g/mol. The average Bonchev–Trinajstić information content (AvgIpc) is 2.40. The van der Waals surface area contributed by atoms with Gasteiger partial charge in [-0.05, 0) is 42.8 Å². The van der Waals surface area contributed by atoms with Crippen LogP contribution in [0.4, 0.5) is 0 Å². The molecular weight excluding hydrogens is 383 g/mol. The molecule has 0 spiro atoms. The highest BCUT2D eigenvalue weighted by atomic mass is 127. The topological polar surface area (TPSA) is 66.8 Å². The minimum Gasteiger partial charge on any atom is -0.457 e. The van der Waals surface area contributed by atoms with Gasteiger partial charge in [0.05, 0.1) is 18.1 Å². The SMILES string of the molecule is C/C(=C\I)[C@H]1OC(=O)C[C@H](O)CCC(C)(O)C/C=C/[C@@H]1C. The van der Waals surface area contributed by atoms with Crippen molar-refractivity contribution in [3.05, 3.63) is 21.8 Å². The minimum atomic E-state index is -0.857. The second-order valence-corrected chi connectivity index (χ2v) is 6.77. The Bertz CT molecular complexity index is 415. The zero-order valence-electron chi connectivity index (χ0n) is 12.9. The summed E-state index contributed by atoms with van der Waals surface area (Å²) in [6.07, 6.45) is 4.14. The fraction of sp³-hybridized carbons (Fsp3) is 0.688. The molecule has 4 atom stereocenters. The fourth-order valence-electron chi connectivity index (χ4n) is 2.38. The third-order valence-corrected chi connectivity index (χ3v) is 4.75. The van der Waals surface area contributed by atoms with Crippen LogP contribution < -0.4 is 0 Å². The van der Waals surface area contributed by atoms with Crippen molar-refractivity contribution in [1.82, 2.24) is 0 Å². The van der Waals surface area contributed by atoms with Crippen LogP contribution in [0.5, 0.6) is 0 Å². The molecule has 1 heterocycles. The summed E-state index contributed by atoms with van der Waals surface area (Å²) in [5, 5.41) is 20.2. The number of hydrogen-bond acceptors (Lipinski definition) is 4. The second-order valence-electron chi connectivity index (χ2n) is 6.15. The Morgan fingerprint density at radius 3 is 2.86 bits per heavy atom. The van der Waals surface area contributed by atoms with Crippen LogP contribution in [0, 0.1) is 5.92 Å². The van der Waals surface area contributed by atoms with Crippen molar-refractivity contribution in [2.75, 3.05) is 0 Å². The number of esters is 1. The van der Waals surface area contributed by atoms with E-state index in [4.69, 9.17) is 4.74 Å². The first-order valence-corrected chi connectivity index (χ1v) is 8.53. The van der Waals surface area contributed by atoms with Crippen molar-refractivity contribution in [3.8, 4) is 0 Å². The lowest BCUT2D eigenvalue weighted by Crippen LogP contribution is -2.30. The number of cyclic esters (lactones) is 1. The maximum atomic E-state index is 11.9. The molecule has 0 saturated heterocycles. The summed E-state index contributed by atoms with van der Waals surface area (Å²) in [5.41, 5.74) is 0.114. The molecule has 4 nitrogen and oxygen atoms in total. The smallest absolute Gasteiger partial charge is 0.309 e. The van der Waals surface area contributed by atoms with Crippen molar-refractivity contribution >= 4 is 28.6 Å². The molecule has 0 amide bonds. The van der Waals surface area contributed by atoms with Crippen molar-refractivity contribution in [1.29, 1.82) is 0 Å². The van der Waals surface area contributed by atoms with Gasteiger partial charge >= 0.3 is 5.97 Å².